The van der Waals surface area contributed by atoms with Crippen LogP contribution < -0.4 is 5.73 Å². The van der Waals surface area contributed by atoms with Crippen molar-refractivity contribution < 1.29 is 5.11 Å². The third-order valence-corrected chi connectivity index (χ3v) is 2.74. The van der Waals surface area contributed by atoms with Crippen molar-refractivity contribution in [2.24, 2.45) is 0 Å². The van der Waals surface area contributed by atoms with Crippen LogP contribution in [0.25, 0.3) is 11.1 Å². The molecule has 88 valence electrons. The molecular formula is C14H16N2O. The molecule has 0 aliphatic carbocycles. The van der Waals surface area contributed by atoms with Gasteiger partial charge in [-0.1, -0.05) is 23.8 Å². The minimum Gasteiger partial charge on any atom is -0.396 e. The Balaban J connectivity index is 2.52. The van der Waals surface area contributed by atoms with E-state index in [1.165, 1.54) is 5.56 Å². The van der Waals surface area contributed by atoms with Gasteiger partial charge >= 0.3 is 0 Å². The van der Waals surface area contributed by atoms with Gasteiger partial charge in [0.05, 0.1) is 0 Å². The number of nitrogens with two attached hydrogens (primary N) is 1. The highest BCUT2D eigenvalue weighted by molar-refractivity contribution is 5.70. The minimum atomic E-state index is 0.149. The summed E-state index contributed by atoms with van der Waals surface area (Å²) >= 11 is 0. The number of hydrogen-bond donors (Lipinski definition) is 2. The topological polar surface area (TPSA) is 59.1 Å². The summed E-state index contributed by atoms with van der Waals surface area (Å²) in [7, 11) is 0. The zero-order valence-corrected chi connectivity index (χ0v) is 9.85. The Morgan fingerprint density at radius 3 is 2.76 bits per heavy atom. The van der Waals surface area contributed by atoms with Gasteiger partial charge in [-0.2, -0.15) is 0 Å². The quantitative estimate of drug-likeness (QED) is 0.846. The molecule has 1 aromatic heterocycles. The van der Waals surface area contributed by atoms with E-state index in [1.807, 2.05) is 12.1 Å². The zero-order valence-electron chi connectivity index (χ0n) is 9.85. The fourth-order valence-corrected chi connectivity index (χ4v) is 1.91. The first-order valence-electron chi connectivity index (χ1n) is 5.63. The molecule has 1 aromatic carbocycles. The molecule has 0 unspecified atom stereocenters. The molecule has 0 aliphatic rings. The van der Waals surface area contributed by atoms with Gasteiger partial charge in [-0.15, -0.1) is 0 Å². The maximum Gasteiger partial charge on any atom is 0.123 e. The van der Waals surface area contributed by atoms with Gasteiger partial charge in [0.2, 0.25) is 0 Å². The number of benzene rings is 1. The molecule has 0 spiro atoms. The molecule has 0 bridgehead atoms. The van der Waals surface area contributed by atoms with Crippen molar-refractivity contribution in [1.29, 1.82) is 0 Å². The molecule has 0 saturated heterocycles. The molecule has 2 rings (SSSR count). The van der Waals surface area contributed by atoms with E-state index in [0.29, 0.717) is 12.2 Å². The number of nitrogens with zero attached hydrogens (tertiary/aromatic N) is 1. The zero-order chi connectivity index (χ0) is 12.3. The number of hydrogen-bond acceptors (Lipinski definition) is 3. The summed E-state index contributed by atoms with van der Waals surface area (Å²) in [5.41, 5.74) is 10.2. The molecule has 3 N–H and O–H groups in total. The number of rotatable bonds is 3. The van der Waals surface area contributed by atoms with Crippen LogP contribution in [-0.4, -0.2) is 16.7 Å². The molecule has 3 heteroatoms. The molecule has 3 nitrogen and oxygen atoms in total. The first-order valence-corrected chi connectivity index (χ1v) is 5.63. The van der Waals surface area contributed by atoms with Crippen LogP contribution >= 0.6 is 0 Å². The smallest absolute Gasteiger partial charge is 0.123 e. The van der Waals surface area contributed by atoms with E-state index in [1.54, 1.807) is 6.20 Å². The summed E-state index contributed by atoms with van der Waals surface area (Å²) in [6.45, 7) is 2.20. The van der Waals surface area contributed by atoms with Crippen molar-refractivity contribution >= 4 is 5.82 Å². The van der Waals surface area contributed by atoms with Gasteiger partial charge in [-0.25, -0.2) is 4.98 Å². The number of nitrogen functional groups attached to an aromatic ring is 1. The first-order chi connectivity index (χ1) is 8.20. The van der Waals surface area contributed by atoms with Crippen LogP contribution in [0.15, 0.2) is 36.5 Å². The number of aliphatic hydroxyl groups excluding tert-OH is 1. The number of aryl methyl sites for hydroxylation is 1. The van der Waals surface area contributed by atoms with Gasteiger partial charge in [0.1, 0.15) is 5.82 Å². The van der Waals surface area contributed by atoms with Crippen molar-refractivity contribution in [1.82, 2.24) is 4.98 Å². The van der Waals surface area contributed by atoms with Crippen LogP contribution in [-0.2, 0) is 6.42 Å². The van der Waals surface area contributed by atoms with E-state index >= 15 is 0 Å². The van der Waals surface area contributed by atoms with Gasteiger partial charge in [0.25, 0.3) is 0 Å². The summed E-state index contributed by atoms with van der Waals surface area (Å²) in [6.07, 6.45) is 2.35. The van der Waals surface area contributed by atoms with Gasteiger partial charge < -0.3 is 10.8 Å². The molecule has 0 saturated carbocycles. The summed E-state index contributed by atoms with van der Waals surface area (Å²) in [4.78, 5) is 3.99. The molecule has 0 radical (unpaired) electrons. The third kappa shape index (κ3) is 2.63. The molecule has 1 heterocycles. The van der Waals surface area contributed by atoms with Crippen LogP contribution in [0.2, 0.25) is 0 Å². The van der Waals surface area contributed by atoms with Gasteiger partial charge in [0.15, 0.2) is 0 Å². The Morgan fingerprint density at radius 1 is 1.24 bits per heavy atom. The molecule has 0 amide bonds. The summed E-state index contributed by atoms with van der Waals surface area (Å²) < 4.78 is 0. The maximum atomic E-state index is 9.08. The first kappa shape index (κ1) is 11.6. The molecular weight excluding hydrogens is 212 g/mol. The van der Waals surface area contributed by atoms with Crippen molar-refractivity contribution in [3.63, 3.8) is 0 Å². The van der Waals surface area contributed by atoms with E-state index in [0.717, 1.165) is 16.7 Å². The number of pyridine rings is 1. The van der Waals surface area contributed by atoms with Crippen LogP contribution in [0.1, 0.15) is 11.1 Å². The Kier molecular flexibility index (Phi) is 3.40. The lowest BCUT2D eigenvalue weighted by atomic mass is 9.96. The second-order valence-electron chi connectivity index (χ2n) is 4.10. The Bertz CT molecular complexity index is 523. The molecule has 0 fully saturated rings. The van der Waals surface area contributed by atoms with E-state index < -0.39 is 0 Å². The average Bonchev–Trinajstić information content (AvgIpc) is 2.32. The second-order valence-corrected chi connectivity index (χ2v) is 4.10. The largest absolute Gasteiger partial charge is 0.396 e. The summed E-state index contributed by atoms with van der Waals surface area (Å²) in [5.74, 6) is 0.513. The Labute approximate surface area is 101 Å². The lowest BCUT2D eigenvalue weighted by Crippen LogP contribution is -1.96. The molecule has 0 atom stereocenters. The van der Waals surface area contributed by atoms with Gasteiger partial charge in [-0.05, 0) is 42.2 Å². The van der Waals surface area contributed by atoms with Crippen LogP contribution in [0, 0.1) is 6.92 Å². The highest BCUT2D eigenvalue weighted by atomic mass is 16.2. The highest BCUT2D eigenvalue weighted by Crippen LogP contribution is 2.26. The highest BCUT2D eigenvalue weighted by Gasteiger charge is 2.05. The van der Waals surface area contributed by atoms with E-state index in [9.17, 15) is 0 Å². The van der Waals surface area contributed by atoms with Crippen LogP contribution in [0.3, 0.4) is 0 Å². The van der Waals surface area contributed by atoms with Crippen LogP contribution in [0.5, 0.6) is 0 Å². The summed E-state index contributed by atoms with van der Waals surface area (Å²) in [6, 6.07) is 10.0. The molecule has 2 aromatic rings. The lowest BCUT2D eigenvalue weighted by molar-refractivity contribution is 0.300. The Morgan fingerprint density at radius 2 is 2.06 bits per heavy atom. The summed E-state index contributed by atoms with van der Waals surface area (Å²) in [5, 5.41) is 9.08. The lowest BCUT2D eigenvalue weighted by Gasteiger charge is -2.10. The van der Waals surface area contributed by atoms with Crippen molar-refractivity contribution in [2.75, 3.05) is 12.3 Å². The standard InChI is InChI=1S/C14H16N2O/c1-10-2-3-11(5-7-17)13(8-10)12-4-6-16-14(15)9-12/h2-4,6,8-9,17H,5,7H2,1H3,(H2,15,16). The van der Waals surface area contributed by atoms with E-state index in [4.69, 9.17) is 10.8 Å². The predicted octanol–water partition coefficient (Wildman–Crippen LogP) is 2.17. The van der Waals surface area contributed by atoms with Crippen LogP contribution in [0.4, 0.5) is 5.82 Å². The number of aromatic nitrogens is 1. The SMILES string of the molecule is Cc1ccc(CCO)c(-c2ccnc(N)c2)c1. The van der Waals surface area contributed by atoms with Gasteiger partial charge in [0, 0.05) is 12.8 Å². The normalized spacial score (nSPS) is 10.5. The fraction of sp³-hybridized carbons (Fsp3) is 0.214. The van der Waals surface area contributed by atoms with Crippen molar-refractivity contribution in [2.45, 2.75) is 13.3 Å². The maximum absolute atomic E-state index is 9.08. The third-order valence-electron chi connectivity index (χ3n) is 2.74. The molecule has 17 heavy (non-hydrogen) atoms. The van der Waals surface area contributed by atoms with Crippen molar-refractivity contribution in [3.8, 4) is 11.1 Å². The fourth-order valence-electron chi connectivity index (χ4n) is 1.91. The van der Waals surface area contributed by atoms with Crippen molar-refractivity contribution in [3.05, 3.63) is 47.7 Å². The Hall–Kier alpha value is -1.87. The number of anilines is 1. The monoisotopic (exact) mass is 228 g/mol. The second kappa shape index (κ2) is 4.97. The predicted molar refractivity (Wildman–Crippen MR) is 69.6 cm³/mol. The van der Waals surface area contributed by atoms with E-state index in [-0.39, 0.29) is 6.61 Å². The van der Waals surface area contributed by atoms with E-state index in [2.05, 4.69) is 30.1 Å². The van der Waals surface area contributed by atoms with Gasteiger partial charge in [-0.3, -0.25) is 0 Å². The number of aliphatic hydroxyl groups is 1. The minimum absolute atomic E-state index is 0.149. The molecule has 0 aliphatic heterocycles. The average molecular weight is 228 g/mol.